The molecule has 114 valence electrons. The van der Waals surface area contributed by atoms with Crippen molar-refractivity contribution >= 4 is 0 Å². The van der Waals surface area contributed by atoms with Crippen LogP contribution in [0.15, 0.2) is 18.2 Å². The fraction of sp³-hybridized carbons (Fsp3) is 0.647. The second kappa shape index (κ2) is 7.21. The summed E-state index contributed by atoms with van der Waals surface area (Å²) in [5.74, 6) is 0. The minimum atomic E-state index is -0.484. The molecule has 0 spiro atoms. The van der Waals surface area contributed by atoms with E-state index >= 15 is 0 Å². The summed E-state index contributed by atoms with van der Waals surface area (Å²) in [7, 11) is 0. The highest BCUT2D eigenvalue weighted by atomic mass is 16.5. The first-order chi connectivity index (χ1) is 9.17. The van der Waals surface area contributed by atoms with E-state index in [0.29, 0.717) is 13.2 Å². The minimum absolute atomic E-state index is 0.208. The Morgan fingerprint density at radius 1 is 1.15 bits per heavy atom. The molecule has 3 nitrogen and oxygen atoms in total. The van der Waals surface area contributed by atoms with Crippen LogP contribution in [0.2, 0.25) is 0 Å². The molecular formula is C17H29NO2. The van der Waals surface area contributed by atoms with E-state index in [1.54, 1.807) is 0 Å². The maximum atomic E-state index is 9.93. The molecule has 0 radical (unpaired) electrons. The van der Waals surface area contributed by atoms with Gasteiger partial charge in [0.25, 0.3) is 0 Å². The number of nitrogens with one attached hydrogen (secondary N) is 1. The summed E-state index contributed by atoms with van der Waals surface area (Å²) < 4.78 is 5.58. The number of hydrogen-bond donors (Lipinski definition) is 2. The molecule has 2 unspecified atom stereocenters. The van der Waals surface area contributed by atoms with Crippen molar-refractivity contribution in [3.8, 4) is 0 Å². The average molecular weight is 279 g/mol. The van der Waals surface area contributed by atoms with Gasteiger partial charge in [0.15, 0.2) is 0 Å². The van der Waals surface area contributed by atoms with E-state index in [4.69, 9.17) is 4.74 Å². The van der Waals surface area contributed by atoms with Crippen molar-refractivity contribution in [2.24, 2.45) is 0 Å². The van der Waals surface area contributed by atoms with Crippen LogP contribution in [-0.4, -0.2) is 30.0 Å². The zero-order valence-electron chi connectivity index (χ0n) is 13.7. The quantitative estimate of drug-likeness (QED) is 0.840. The van der Waals surface area contributed by atoms with Gasteiger partial charge >= 0.3 is 0 Å². The van der Waals surface area contributed by atoms with E-state index in [2.05, 4.69) is 44.3 Å². The van der Waals surface area contributed by atoms with E-state index in [0.717, 1.165) is 0 Å². The number of hydrogen-bond acceptors (Lipinski definition) is 3. The molecule has 1 rings (SSSR count). The molecule has 0 heterocycles. The van der Waals surface area contributed by atoms with Gasteiger partial charge < -0.3 is 15.2 Å². The number of rotatable bonds is 6. The van der Waals surface area contributed by atoms with E-state index < -0.39 is 6.10 Å². The Balaban J connectivity index is 2.44. The normalized spacial score (nSPS) is 15.2. The summed E-state index contributed by atoms with van der Waals surface area (Å²) in [6, 6.07) is 6.76. The Hall–Kier alpha value is -0.900. The fourth-order valence-electron chi connectivity index (χ4n) is 2.10. The Morgan fingerprint density at radius 3 is 2.20 bits per heavy atom. The molecule has 0 aliphatic heterocycles. The van der Waals surface area contributed by atoms with Crippen LogP contribution in [0.4, 0.5) is 0 Å². The average Bonchev–Trinajstić information content (AvgIpc) is 2.31. The van der Waals surface area contributed by atoms with E-state index in [9.17, 15) is 5.11 Å². The molecule has 0 aliphatic carbocycles. The van der Waals surface area contributed by atoms with Crippen LogP contribution in [-0.2, 0) is 4.74 Å². The summed E-state index contributed by atoms with van der Waals surface area (Å²) in [5, 5.41) is 13.3. The van der Waals surface area contributed by atoms with Gasteiger partial charge in [-0.15, -0.1) is 0 Å². The minimum Gasteiger partial charge on any atom is -0.389 e. The molecule has 1 aromatic carbocycles. The number of benzene rings is 1. The van der Waals surface area contributed by atoms with Crippen LogP contribution in [0.25, 0.3) is 0 Å². The second-order valence-corrected chi connectivity index (χ2v) is 6.63. The van der Waals surface area contributed by atoms with Crippen molar-refractivity contribution in [2.45, 2.75) is 59.3 Å². The summed E-state index contributed by atoms with van der Waals surface area (Å²) in [4.78, 5) is 0. The molecule has 1 aromatic rings. The number of aliphatic hydroxyl groups is 1. The van der Waals surface area contributed by atoms with Gasteiger partial charge in [-0.1, -0.05) is 29.3 Å². The highest BCUT2D eigenvalue weighted by Crippen LogP contribution is 2.16. The largest absolute Gasteiger partial charge is 0.389 e. The molecule has 2 N–H and O–H groups in total. The van der Waals surface area contributed by atoms with Gasteiger partial charge in [-0.3, -0.25) is 0 Å². The Labute approximate surface area is 123 Å². The van der Waals surface area contributed by atoms with Gasteiger partial charge in [0.2, 0.25) is 0 Å². The van der Waals surface area contributed by atoms with Gasteiger partial charge in [-0.2, -0.15) is 0 Å². The Bertz CT molecular complexity index is 403. The predicted octanol–water partition coefficient (Wildman–Crippen LogP) is 3.13. The van der Waals surface area contributed by atoms with Crippen molar-refractivity contribution in [2.75, 3.05) is 13.2 Å². The number of ether oxygens (including phenoxy) is 1. The molecule has 0 bridgehead atoms. The van der Waals surface area contributed by atoms with Gasteiger partial charge in [-0.25, -0.2) is 0 Å². The van der Waals surface area contributed by atoms with Crippen LogP contribution >= 0.6 is 0 Å². The maximum Gasteiger partial charge on any atom is 0.0898 e. The first kappa shape index (κ1) is 17.2. The van der Waals surface area contributed by atoms with E-state index in [1.165, 1.54) is 16.7 Å². The summed E-state index contributed by atoms with van der Waals surface area (Å²) in [6.07, 6.45) is -0.484. The summed E-state index contributed by atoms with van der Waals surface area (Å²) in [5.41, 5.74) is 3.59. The van der Waals surface area contributed by atoms with Crippen LogP contribution in [0.3, 0.4) is 0 Å². The Morgan fingerprint density at radius 2 is 1.70 bits per heavy atom. The smallest absolute Gasteiger partial charge is 0.0898 e. The molecule has 0 saturated heterocycles. The summed E-state index contributed by atoms with van der Waals surface area (Å²) >= 11 is 0. The van der Waals surface area contributed by atoms with Crippen molar-refractivity contribution in [3.05, 3.63) is 34.9 Å². The second-order valence-electron chi connectivity index (χ2n) is 6.63. The maximum absolute atomic E-state index is 9.93. The van der Waals surface area contributed by atoms with E-state index in [-0.39, 0.29) is 11.6 Å². The Kier molecular flexibility index (Phi) is 6.18. The molecule has 3 heteroatoms. The molecular weight excluding hydrogens is 250 g/mol. The monoisotopic (exact) mass is 279 g/mol. The molecule has 0 amide bonds. The highest BCUT2D eigenvalue weighted by molar-refractivity contribution is 5.30. The molecule has 0 fully saturated rings. The van der Waals surface area contributed by atoms with Gasteiger partial charge in [0, 0.05) is 12.6 Å². The van der Waals surface area contributed by atoms with Crippen molar-refractivity contribution in [3.63, 3.8) is 0 Å². The van der Waals surface area contributed by atoms with Crippen molar-refractivity contribution in [1.29, 1.82) is 0 Å². The van der Waals surface area contributed by atoms with Crippen molar-refractivity contribution < 1.29 is 9.84 Å². The summed E-state index contributed by atoms with van der Waals surface area (Å²) in [6.45, 7) is 13.2. The van der Waals surface area contributed by atoms with Crippen LogP contribution in [0.1, 0.15) is 50.4 Å². The van der Waals surface area contributed by atoms with E-state index in [1.807, 2.05) is 20.8 Å². The topological polar surface area (TPSA) is 41.5 Å². The third-order valence-corrected chi connectivity index (χ3v) is 3.11. The zero-order chi connectivity index (χ0) is 15.3. The molecule has 0 saturated carbocycles. The molecule has 0 aromatic heterocycles. The lowest BCUT2D eigenvalue weighted by Crippen LogP contribution is -2.34. The van der Waals surface area contributed by atoms with Gasteiger partial charge in [0.05, 0.1) is 18.3 Å². The third-order valence-electron chi connectivity index (χ3n) is 3.11. The van der Waals surface area contributed by atoms with Crippen LogP contribution < -0.4 is 5.32 Å². The number of aryl methyl sites for hydroxylation is 2. The lowest BCUT2D eigenvalue weighted by Gasteiger charge is -2.23. The van der Waals surface area contributed by atoms with Crippen LogP contribution in [0, 0.1) is 13.8 Å². The first-order valence-electron chi connectivity index (χ1n) is 7.31. The van der Waals surface area contributed by atoms with Gasteiger partial charge in [-0.05, 0) is 47.1 Å². The number of aliphatic hydroxyl groups excluding tert-OH is 1. The standard InChI is InChI=1S/C17H29NO2/c1-12-7-13(2)9-15(8-12)14(3)18-10-16(19)11-20-17(4,5)6/h7-9,14,16,18-19H,10-11H2,1-6H3. The zero-order valence-corrected chi connectivity index (χ0v) is 13.7. The lowest BCUT2D eigenvalue weighted by molar-refractivity contribution is -0.0482. The fourth-order valence-corrected chi connectivity index (χ4v) is 2.10. The van der Waals surface area contributed by atoms with Gasteiger partial charge in [0.1, 0.15) is 0 Å². The lowest BCUT2D eigenvalue weighted by atomic mass is 10.0. The molecule has 0 aliphatic rings. The SMILES string of the molecule is Cc1cc(C)cc(C(C)NCC(O)COC(C)(C)C)c1. The van der Waals surface area contributed by atoms with Crippen molar-refractivity contribution in [1.82, 2.24) is 5.32 Å². The molecule has 20 heavy (non-hydrogen) atoms. The molecule has 2 atom stereocenters. The van der Waals surface area contributed by atoms with Crippen LogP contribution in [0.5, 0.6) is 0 Å². The third kappa shape index (κ3) is 6.51. The predicted molar refractivity (Wildman–Crippen MR) is 84.0 cm³/mol. The highest BCUT2D eigenvalue weighted by Gasteiger charge is 2.14. The first-order valence-corrected chi connectivity index (χ1v) is 7.31.